The normalized spacial score (nSPS) is 12.8. The van der Waals surface area contributed by atoms with Crippen LogP contribution in [0.4, 0.5) is 0 Å². The van der Waals surface area contributed by atoms with Crippen LogP contribution in [0.1, 0.15) is 18.1 Å². The van der Waals surface area contributed by atoms with Gasteiger partial charge in [-0.15, -0.1) is 0 Å². The molecule has 1 aromatic rings. The first-order chi connectivity index (χ1) is 6.15. The van der Waals surface area contributed by atoms with Crippen LogP contribution in [0.3, 0.4) is 0 Å². The standard InChI is InChI=1S/C9H13NO2S/c1-2-6-4-13-5-7(6)3-8(10)9(11)12/h4-5,8H,2-3,10H2,1H3,(H,11,12). The van der Waals surface area contributed by atoms with Gasteiger partial charge in [0.15, 0.2) is 0 Å². The zero-order valence-electron chi connectivity index (χ0n) is 7.49. The molecule has 0 aliphatic rings. The largest absolute Gasteiger partial charge is 0.480 e. The van der Waals surface area contributed by atoms with E-state index in [1.807, 2.05) is 10.8 Å². The van der Waals surface area contributed by atoms with Crippen LogP contribution in [0.15, 0.2) is 10.8 Å². The lowest BCUT2D eigenvalue weighted by Crippen LogP contribution is -2.32. The molecular formula is C9H13NO2S. The summed E-state index contributed by atoms with van der Waals surface area (Å²) >= 11 is 1.60. The predicted octanol–water partition coefficient (Wildman–Crippen LogP) is 1.26. The molecule has 4 heteroatoms. The molecule has 0 saturated heterocycles. The van der Waals surface area contributed by atoms with Crippen molar-refractivity contribution < 1.29 is 9.90 Å². The molecule has 0 spiro atoms. The minimum absolute atomic E-state index is 0.433. The number of rotatable bonds is 4. The Balaban J connectivity index is 2.68. The lowest BCUT2D eigenvalue weighted by Gasteiger charge is -2.05. The molecule has 0 aliphatic heterocycles. The second kappa shape index (κ2) is 4.39. The van der Waals surface area contributed by atoms with E-state index >= 15 is 0 Å². The van der Waals surface area contributed by atoms with Crippen molar-refractivity contribution in [1.29, 1.82) is 0 Å². The Morgan fingerprint density at radius 1 is 1.62 bits per heavy atom. The molecular weight excluding hydrogens is 186 g/mol. The summed E-state index contributed by atoms with van der Waals surface area (Å²) in [6, 6.07) is -0.778. The van der Waals surface area contributed by atoms with Gasteiger partial charge in [-0.3, -0.25) is 4.79 Å². The first-order valence-electron chi connectivity index (χ1n) is 4.17. The van der Waals surface area contributed by atoms with Crippen molar-refractivity contribution in [1.82, 2.24) is 0 Å². The summed E-state index contributed by atoms with van der Waals surface area (Å²) in [6.07, 6.45) is 1.37. The predicted molar refractivity (Wildman–Crippen MR) is 53.0 cm³/mol. The van der Waals surface area contributed by atoms with Crippen molar-refractivity contribution in [3.05, 3.63) is 21.9 Å². The van der Waals surface area contributed by atoms with Crippen molar-refractivity contribution in [3.8, 4) is 0 Å². The van der Waals surface area contributed by atoms with E-state index in [4.69, 9.17) is 10.8 Å². The summed E-state index contributed by atoms with van der Waals surface area (Å²) in [7, 11) is 0. The van der Waals surface area contributed by atoms with Gasteiger partial charge in [0.05, 0.1) is 0 Å². The van der Waals surface area contributed by atoms with Gasteiger partial charge in [0.25, 0.3) is 0 Å². The van der Waals surface area contributed by atoms with Gasteiger partial charge in [0.2, 0.25) is 0 Å². The molecule has 0 radical (unpaired) electrons. The van der Waals surface area contributed by atoms with E-state index in [1.165, 1.54) is 5.56 Å². The van der Waals surface area contributed by atoms with Crippen LogP contribution >= 0.6 is 11.3 Å². The quantitative estimate of drug-likeness (QED) is 0.767. The molecule has 0 aromatic carbocycles. The topological polar surface area (TPSA) is 63.3 Å². The molecule has 1 rings (SSSR count). The number of carboxylic acids is 1. The number of hydrogen-bond acceptors (Lipinski definition) is 3. The Morgan fingerprint density at radius 3 is 2.77 bits per heavy atom. The fraction of sp³-hybridized carbons (Fsp3) is 0.444. The Labute approximate surface area is 81.2 Å². The molecule has 0 amide bonds. The number of carbonyl (C=O) groups is 1. The third-order valence-corrected chi connectivity index (χ3v) is 2.81. The lowest BCUT2D eigenvalue weighted by molar-refractivity contribution is -0.138. The molecule has 0 bridgehead atoms. The summed E-state index contributed by atoms with van der Waals surface area (Å²) in [5, 5.41) is 12.6. The van der Waals surface area contributed by atoms with Gasteiger partial charge in [-0.1, -0.05) is 6.92 Å². The van der Waals surface area contributed by atoms with Crippen molar-refractivity contribution >= 4 is 17.3 Å². The number of carboxylic acid groups (broad SMARTS) is 1. The SMILES string of the molecule is CCc1cscc1CC(N)C(=O)O. The highest BCUT2D eigenvalue weighted by Gasteiger charge is 2.14. The third-order valence-electron chi connectivity index (χ3n) is 1.97. The molecule has 3 nitrogen and oxygen atoms in total. The molecule has 0 saturated carbocycles. The van der Waals surface area contributed by atoms with Crippen LogP contribution < -0.4 is 5.73 Å². The van der Waals surface area contributed by atoms with Crippen LogP contribution in [0.2, 0.25) is 0 Å². The lowest BCUT2D eigenvalue weighted by atomic mass is 10.0. The van der Waals surface area contributed by atoms with E-state index in [1.54, 1.807) is 11.3 Å². The Kier molecular flexibility index (Phi) is 3.45. The Morgan fingerprint density at radius 2 is 2.23 bits per heavy atom. The monoisotopic (exact) mass is 199 g/mol. The van der Waals surface area contributed by atoms with Gasteiger partial charge in [0.1, 0.15) is 6.04 Å². The van der Waals surface area contributed by atoms with Gasteiger partial charge in [0, 0.05) is 0 Å². The fourth-order valence-electron chi connectivity index (χ4n) is 1.16. The van der Waals surface area contributed by atoms with Crippen molar-refractivity contribution in [3.63, 3.8) is 0 Å². The minimum atomic E-state index is -0.937. The first kappa shape index (κ1) is 10.2. The van der Waals surface area contributed by atoms with Gasteiger partial charge in [-0.25, -0.2) is 0 Å². The Bertz CT molecular complexity index is 296. The highest BCUT2D eigenvalue weighted by Crippen LogP contribution is 2.16. The summed E-state index contributed by atoms with van der Waals surface area (Å²) in [6.45, 7) is 2.05. The van der Waals surface area contributed by atoms with E-state index in [-0.39, 0.29) is 0 Å². The fourth-order valence-corrected chi connectivity index (χ4v) is 2.13. The molecule has 1 atom stereocenters. The zero-order chi connectivity index (χ0) is 9.84. The van der Waals surface area contributed by atoms with Crippen LogP contribution in [0.5, 0.6) is 0 Å². The van der Waals surface area contributed by atoms with Crippen LogP contribution in [0.25, 0.3) is 0 Å². The van der Waals surface area contributed by atoms with Crippen molar-refractivity contribution in [2.45, 2.75) is 25.8 Å². The smallest absolute Gasteiger partial charge is 0.320 e. The maximum absolute atomic E-state index is 10.5. The molecule has 3 N–H and O–H groups in total. The summed E-state index contributed by atoms with van der Waals surface area (Å²) in [4.78, 5) is 10.5. The van der Waals surface area contributed by atoms with Gasteiger partial charge < -0.3 is 10.8 Å². The van der Waals surface area contributed by atoms with Crippen molar-refractivity contribution in [2.75, 3.05) is 0 Å². The summed E-state index contributed by atoms with van der Waals surface area (Å²) < 4.78 is 0. The average Bonchev–Trinajstić information content (AvgIpc) is 2.51. The first-order valence-corrected chi connectivity index (χ1v) is 5.11. The Hall–Kier alpha value is -0.870. The van der Waals surface area contributed by atoms with E-state index in [9.17, 15) is 4.79 Å². The number of aryl methyl sites for hydroxylation is 1. The third kappa shape index (κ3) is 2.54. The molecule has 72 valence electrons. The average molecular weight is 199 g/mol. The molecule has 0 fully saturated rings. The molecule has 1 aromatic heterocycles. The molecule has 1 heterocycles. The maximum atomic E-state index is 10.5. The number of nitrogens with two attached hydrogens (primary N) is 1. The highest BCUT2D eigenvalue weighted by molar-refractivity contribution is 7.08. The molecule has 13 heavy (non-hydrogen) atoms. The summed E-state index contributed by atoms with van der Waals surface area (Å²) in [5.41, 5.74) is 7.72. The highest BCUT2D eigenvalue weighted by atomic mass is 32.1. The van der Waals surface area contributed by atoms with Crippen LogP contribution in [-0.4, -0.2) is 17.1 Å². The van der Waals surface area contributed by atoms with E-state index in [2.05, 4.69) is 6.92 Å². The van der Waals surface area contributed by atoms with Crippen LogP contribution in [-0.2, 0) is 17.6 Å². The maximum Gasteiger partial charge on any atom is 0.320 e. The van der Waals surface area contributed by atoms with E-state index in [0.717, 1.165) is 12.0 Å². The minimum Gasteiger partial charge on any atom is -0.480 e. The number of aliphatic carboxylic acids is 1. The molecule has 1 unspecified atom stereocenters. The summed E-state index contributed by atoms with van der Waals surface area (Å²) in [5.74, 6) is -0.937. The number of thiophene rings is 1. The molecule has 0 aliphatic carbocycles. The van der Waals surface area contributed by atoms with Gasteiger partial charge in [-0.05, 0) is 34.7 Å². The number of hydrogen-bond donors (Lipinski definition) is 2. The van der Waals surface area contributed by atoms with E-state index in [0.29, 0.717) is 6.42 Å². The second-order valence-electron chi connectivity index (χ2n) is 2.92. The van der Waals surface area contributed by atoms with Gasteiger partial charge >= 0.3 is 5.97 Å². The van der Waals surface area contributed by atoms with E-state index < -0.39 is 12.0 Å². The second-order valence-corrected chi connectivity index (χ2v) is 3.67. The van der Waals surface area contributed by atoms with Crippen molar-refractivity contribution in [2.24, 2.45) is 5.73 Å². The zero-order valence-corrected chi connectivity index (χ0v) is 8.30. The van der Waals surface area contributed by atoms with Crippen LogP contribution in [0, 0.1) is 0 Å². The van der Waals surface area contributed by atoms with Gasteiger partial charge in [-0.2, -0.15) is 11.3 Å².